The first-order valence-corrected chi connectivity index (χ1v) is 5.75. The number of pyridine rings is 1. The first kappa shape index (κ1) is 12.9. The molecule has 5 nitrogen and oxygen atoms in total. The van der Waals surface area contributed by atoms with Crippen LogP contribution in [-0.4, -0.2) is 33.1 Å². The highest BCUT2D eigenvalue weighted by molar-refractivity contribution is 5.99. The van der Waals surface area contributed by atoms with Gasteiger partial charge in [0, 0.05) is 26.0 Å². The molecule has 5 heteroatoms. The van der Waals surface area contributed by atoms with Gasteiger partial charge in [-0.05, 0) is 23.8 Å². The molecule has 0 radical (unpaired) electrons. The van der Waals surface area contributed by atoms with Crippen LogP contribution >= 0.6 is 0 Å². The number of rotatable bonds is 3. The van der Waals surface area contributed by atoms with Crippen LogP contribution in [0.2, 0.25) is 0 Å². The van der Waals surface area contributed by atoms with E-state index in [0.29, 0.717) is 6.54 Å². The number of benzene rings is 1. The summed E-state index contributed by atoms with van der Waals surface area (Å²) in [5.41, 5.74) is 0.780. The Balaban J connectivity index is 2.20. The zero-order chi connectivity index (χ0) is 13.8. The predicted octanol–water partition coefficient (Wildman–Crippen LogP) is 1.77. The molecule has 19 heavy (non-hydrogen) atoms. The average Bonchev–Trinajstić information content (AvgIpc) is 2.39. The summed E-state index contributed by atoms with van der Waals surface area (Å²) in [6.45, 7) is 0.348. The lowest BCUT2D eigenvalue weighted by molar-refractivity contribution is 0.0779. The van der Waals surface area contributed by atoms with Gasteiger partial charge in [0.1, 0.15) is 17.1 Å². The maximum Gasteiger partial charge on any atom is 0.261 e. The number of aromatic hydroxyl groups is 2. The molecule has 2 aromatic rings. The zero-order valence-corrected chi connectivity index (χ0v) is 10.4. The fourth-order valence-corrected chi connectivity index (χ4v) is 1.78. The molecule has 0 atom stereocenters. The minimum Gasteiger partial charge on any atom is -0.507 e. The van der Waals surface area contributed by atoms with E-state index in [4.69, 9.17) is 0 Å². The van der Waals surface area contributed by atoms with Crippen LogP contribution in [0.5, 0.6) is 11.5 Å². The fraction of sp³-hybridized carbons (Fsp3) is 0.143. The quantitative estimate of drug-likeness (QED) is 0.879. The molecule has 0 unspecified atom stereocenters. The van der Waals surface area contributed by atoms with Gasteiger partial charge < -0.3 is 15.1 Å². The number of carbonyl (C=O) groups excluding carboxylic acids is 1. The molecule has 1 aromatic carbocycles. The molecule has 0 saturated carbocycles. The zero-order valence-electron chi connectivity index (χ0n) is 10.4. The van der Waals surface area contributed by atoms with Crippen molar-refractivity contribution in [3.8, 4) is 11.5 Å². The fourth-order valence-electron chi connectivity index (χ4n) is 1.78. The summed E-state index contributed by atoms with van der Waals surface area (Å²) in [7, 11) is 1.60. The largest absolute Gasteiger partial charge is 0.507 e. The molecule has 2 N–H and O–H groups in total. The van der Waals surface area contributed by atoms with Gasteiger partial charge in [-0.2, -0.15) is 0 Å². The van der Waals surface area contributed by atoms with Gasteiger partial charge >= 0.3 is 0 Å². The van der Waals surface area contributed by atoms with Crippen molar-refractivity contribution < 1.29 is 15.0 Å². The number of aromatic nitrogens is 1. The third kappa shape index (κ3) is 2.82. The Morgan fingerprint density at radius 1 is 1.21 bits per heavy atom. The average molecular weight is 258 g/mol. The lowest BCUT2D eigenvalue weighted by Gasteiger charge is -2.18. The number of hydrogen-bond donors (Lipinski definition) is 2. The number of nitrogens with zero attached hydrogens (tertiary/aromatic N) is 2. The number of carbonyl (C=O) groups is 1. The third-order valence-electron chi connectivity index (χ3n) is 2.72. The van der Waals surface area contributed by atoms with E-state index < -0.39 is 5.91 Å². The Morgan fingerprint density at radius 2 is 1.89 bits per heavy atom. The van der Waals surface area contributed by atoms with Crippen molar-refractivity contribution in [3.05, 3.63) is 53.9 Å². The lowest BCUT2D eigenvalue weighted by Crippen LogP contribution is -2.26. The van der Waals surface area contributed by atoms with Crippen molar-refractivity contribution in [2.24, 2.45) is 0 Å². The topological polar surface area (TPSA) is 73.7 Å². The van der Waals surface area contributed by atoms with E-state index in [2.05, 4.69) is 4.98 Å². The molecule has 0 aliphatic carbocycles. The van der Waals surface area contributed by atoms with Gasteiger partial charge in [0.15, 0.2) is 0 Å². The van der Waals surface area contributed by atoms with Gasteiger partial charge in [-0.25, -0.2) is 0 Å². The summed E-state index contributed by atoms with van der Waals surface area (Å²) in [4.78, 5) is 17.6. The summed E-state index contributed by atoms with van der Waals surface area (Å²) < 4.78 is 0. The normalized spacial score (nSPS) is 10.2. The molecule has 0 saturated heterocycles. The van der Waals surface area contributed by atoms with E-state index in [1.807, 2.05) is 6.07 Å². The molecule has 0 spiro atoms. The molecular weight excluding hydrogens is 244 g/mol. The minimum atomic E-state index is -0.445. The van der Waals surface area contributed by atoms with Crippen LogP contribution in [-0.2, 0) is 6.54 Å². The number of phenolic OH excluding ortho intramolecular Hbond substituents is 2. The van der Waals surface area contributed by atoms with Gasteiger partial charge in [0.2, 0.25) is 0 Å². The second kappa shape index (κ2) is 5.39. The Hall–Kier alpha value is -2.56. The first-order valence-electron chi connectivity index (χ1n) is 5.75. The molecule has 98 valence electrons. The lowest BCUT2D eigenvalue weighted by atomic mass is 10.1. The van der Waals surface area contributed by atoms with E-state index in [0.717, 1.165) is 5.56 Å². The van der Waals surface area contributed by atoms with E-state index in [1.54, 1.807) is 25.5 Å². The summed E-state index contributed by atoms with van der Waals surface area (Å²) in [6, 6.07) is 7.84. The monoisotopic (exact) mass is 258 g/mol. The van der Waals surface area contributed by atoms with Crippen LogP contribution < -0.4 is 0 Å². The molecule has 0 bridgehead atoms. The van der Waals surface area contributed by atoms with Crippen molar-refractivity contribution in [2.75, 3.05) is 7.05 Å². The Bertz CT molecular complexity index is 564. The van der Waals surface area contributed by atoms with Gasteiger partial charge in [-0.3, -0.25) is 9.78 Å². The van der Waals surface area contributed by atoms with Gasteiger partial charge in [-0.1, -0.05) is 12.1 Å². The second-order valence-corrected chi connectivity index (χ2v) is 4.19. The van der Waals surface area contributed by atoms with Crippen molar-refractivity contribution in [2.45, 2.75) is 6.54 Å². The van der Waals surface area contributed by atoms with Gasteiger partial charge in [-0.15, -0.1) is 0 Å². The first-order chi connectivity index (χ1) is 9.09. The molecule has 1 aromatic heterocycles. The SMILES string of the molecule is CN(Cc1cccnc1)C(=O)c1c(O)cccc1O. The maximum absolute atomic E-state index is 12.2. The van der Waals surface area contributed by atoms with E-state index in [-0.39, 0.29) is 17.1 Å². The Labute approximate surface area is 110 Å². The van der Waals surface area contributed by atoms with E-state index in [9.17, 15) is 15.0 Å². The minimum absolute atomic E-state index is 0.0890. The highest BCUT2D eigenvalue weighted by atomic mass is 16.3. The highest BCUT2D eigenvalue weighted by Gasteiger charge is 2.19. The molecule has 1 amide bonds. The molecule has 0 aliphatic heterocycles. The second-order valence-electron chi connectivity index (χ2n) is 4.19. The van der Waals surface area contributed by atoms with E-state index >= 15 is 0 Å². The number of amides is 1. The smallest absolute Gasteiger partial charge is 0.261 e. The third-order valence-corrected chi connectivity index (χ3v) is 2.72. The maximum atomic E-state index is 12.2. The standard InChI is InChI=1S/C14H14N2O3/c1-16(9-10-4-3-7-15-8-10)14(19)13-11(17)5-2-6-12(13)18/h2-8,17-18H,9H2,1H3. The number of phenols is 2. The van der Waals surface area contributed by atoms with Crippen LogP contribution in [0.3, 0.4) is 0 Å². The van der Waals surface area contributed by atoms with Crippen molar-refractivity contribution in [1.82, 2.24) is 9.88 Å². The molecule has 0 fully saturated rings. The van der Waals surface area contributed by atoms with Crippen LogP contribution in [0, 0.1) is 0 Å². The van der Waals surface area contributed by atoms with E-state index in [1.165, 1.54) is 23.1 Å². The molecule has 2 rings (SSSR count). The van der Waals surface area contributed by atoms with Crippen LogP contribution in [0.4, 0.5) is 0 Å². The van der Waals surface area contributed by atoms with Crippen LogP contribution in [0.15, 0.2) is 42.7 Å². The predicted molar refractivity (Wildman–Crippen MR) is 69.8 cm³/mol. The van der Waals surface area contributed by atoms with Crippen molar-refractivity contribution in [3.63, 3.8) is 0 Å². The molecule has 0 aliphatic rings. The summed E-state index contributed by atoms with van der Waals surface area (Å²) >= 11 is 0. The summed E-state index contributed by atoms with van der Waals surface area (Å²) in [5.74, 6) is -0.912. The highest BCUT2D eigenvalue weighted by Crippen LogP contribution is 2.27. The van der Waals surface area contributed by atoms with Crippen molar-refractivity contribution in [1.29, 1.82) is 0 Å². The Kier molecular flexibility index (Phi) is 3.66. The molecular formula is C14H14N2O3. The van der Waals surface area contributed by atoms with Crippen LogP contribution in [0.1, 0.15) is 15.9 Å². The van der Waals surface area contributed by atoms with Crippen molar-refractivity contribution >= 4 is 5.91 Å². The summed E-state index contributed by atoms with van der Waals surface area (Å²) in [5, 5.41) is 19.3. The van der Waals surface area contributed by atoms with Gasteiger partial charge in [0.25, 0.3) is 5.91 Å². The van der Waals surface area contributed by atoms with Gasteiger partial charge in [0.05, 0.1) is 0 Å². The number of hydrogen-bond acceptors (Lipinski definition) is 4. The van der Waals surface area contributed by atoms with Crippen LogP contribution in [0.25, 0.3) is 0 Å². The summed E-state index contributed by atoms with van der Waals surface area (Å²) in [6.07, 6.45) is 3.31. The molecule has 1 heterocycles. The Morgan fingerprint density at radius 3 is 2.47 bits per heavy atom.